The van der Waals surface area contributed by atoms with Gasteiger partial charge in [-0.3, -0.25) is 4.79 Å². The predicted molar refractivity (Wildman–Crippen MR) is 73.3 cm³/mol. The molecule has 1 aromatic rings. The maximum atomic E-state index is 11.9. The zero-order valence-electron chi connectivity index (χ0n) is 11.1. The predicted octanol–water partition coefficient (Wildman–Crippen LogP) is 0.0155. The van der Waals surface area contributed by atoms with Crippen LogP contribution in [0, 0.1) is 0 Å². The normalized spacial score (nSPS) is 11.6. The number of hydrogen-bond acceptors (Lipinski definition) is 4. The number of amides is 1. The molecule has 106 valence electrons. The molecule has 0 heterocycles. The molecule has 0 aromatic heterocycles. The third-order valence-electron chi connectivity index (χ3n) is 2.51. The van der Waals surface area contributed by atoms with Gasteiger partial charge in [0, 0.05) is 6.54 Å². The monoisotopic (exact) mass is 285 g/mol. The molecular weight excluding hydrogens is 266 g/mol. The SMILES string of the molecule is CN(C)CCCNC(=O)c1ccccc1S(N)(=O)=O. The van der Waals surface area contributed by atoms with E-state index < -0.39 is 15.9 Å². The molecule has 0 fully saturated rings. The van der Waals surface area contributed by atoms with Crippen LogP contribution in [0.5, 0.6) is 0 Å². The highest BCUT2D eigenvalue weighted by Crippen LogP contribution is 2.13. The van der Waals surface area contributed by atoms with Crippen LogP contribution in [0.2, 0.25) is 0 Å². The second-order valence-electron chi connectivity index (χ2n) is 4.45. The van der Waals surface area contributed by atoms with Crippen LogP contribution in [0.15, 0.2) is 29.2 Å². The van der Waals surface area contributed by atoms with Gasteiger partial charge in [-0.05, 0) is 39.2 Å². The summed E-state index contributed by atoms with van der Waals surface area (Å²) in [5.74, 6) is -0.427. The molecule has 0 bridgehead atoms. The van der Waals surface area contributed by atoms with Crippen LogP contribution in [-0.4, -0.2) is 46.4 Å². The Bertz CT molecular complexity index is 541. The minimum absolute atomic E-state index is 0.0786. The van der Waals surface area contributed by atoms with Crippen LogP contribution in [0.3, 0.4) is 0 Å². The van der Waals surface area contributed by atoms with Crippen molar-refractivity contribution in [2.24, 2.45) is 5.14 Å². The molecule has 0 aliphatic carbocycles. The lowest BCUT2D eigenvalue weighted by Crippen LogP contribution is -2.29. The second-order valence-corrected chi connectivity index (χ2v) is 5.98. The van der Waals surface area contributed by atoms with Crippen LogP contribution >= 0.6 is 0 Å². The minimum atomic E-state index is -3.89. The maximum absolute atomic E-state index is 11.9. The van der Waals surface area contributed by atoms with E-state index in [0.29, 0.717) is 6.54 Å². The molecule has 1 amide bonds. The van der Waals surface area contributed by atoms with Gasteiger partial charge in [0.15, 0.2) is 0 Å². The van der Waals surface area contributed by atoms with Crippen molar-refractivity contribution in [3.8, 4) is 0 Å². The molecule has 1 aromatic carbocycles. The molecule has 7 heteroatoms. The minimum Gasteiger partial charge on any atom is -0.352 e. The number of sulfonamides is 1. The molecule has 0 radical (unpaired) electrons. The van der Waals surface area contributed by atoms with E-state index in [1.165, 1.54) is 18.2 Å². The van der Waals surface area contributed by atoms with Crippen molar-refractivity contribution in [1.29, 1.82) is 0 Å². The fraction of sp³-hybridized carbons (Fsp3) is 0.417. The first-order chi connectivity index (χ1) is 8.82. The Morgan fingerprint density at radius 3 is 2.53 bits per heavy atom. The van der Waals surface area contributed by atoms with Crippen molar-refractivity contribution in [1.82, 2.24) is 10.2 Å². The van der Waals surface area contributed by atoms with Crippen LogP contribution in [-0.2, 0) is 10.0 Å². The molecular formula is C12H19N3O3S. The van der Waals surface area contributed by atoms with E-state index in [1.54, 1.807) is 6.07 Å². The summed E-state index contributed by atoms with van der Waals surface area (Å²) in [4.78, 5) is 13.8. The van der Waals surface area contributed by atoms with Crippen molar-refractivity contribution in [2.45, 2.75) is 11.3 Å². The first kappa shape index (κ1) is 15.6. The molecule has 0 unspecified atom stereocenters. The molecule has 3 N–H and O–H groups in total. The van der Waals surface area contributed by atoms with E-state index in [0.717, 1.165) is 13.0 Å². The van der Waals surface area contributed by atoms with Crippen molar-refractivity contribution in [3.63, 3.8) is 0 Å². The molecule has 0 atom stereocenters. The molecule has 19 heavy (non-hydrogen) atoms. The number of rotatable bonds is 6. The van der Waals surface area contributed by atoms with Gasteiger partial charge in [-0.25, -0.2) is 13.6 Å². The van der Waals surface area contributed by atoms with Crippen LogP contribution in [0.25, 0.3) is 0 Å². The van der Waals surface area contributed by atoms with E-state index >= 15 is 0 Å². The van der Waals surface area contributed by atoms with Crippen molar-refractivity contribution < 1.29 is 13.2 Å². The highest BCUT2D eigenvalue weighted by Gasteiger charge is 2.17. The van der Waals surface area contributed by atoms with Crippen molar-refractivity contribution >= 4 is 15.9 Å². The smallest absolute Gasteiger partial charge is 0.252 e. The lowest BCUT2D eigenvalue weighted by atomic mass is 10.2. The van der Waals surface area contributed by atoms with Crippen molar-refractivity contribution in [3.05, 3.63) is 29.8 Å². The number of primary sulfonamides is 1. The third-order valence-corrected chi connectivity index (χ3v) is 3.47. The summed E-state index contributed by atoms with van der Waals surface area (Å²) in [7, 11) is -0.00644. The molecule has 0 aliphatic heterocycles. The van der Waals surface area contributed by atoms with Crippen LogP contribution in [0.4, 0.5) is 0 Å². The van der Waals surface area contributed by atoms with E-state index in [2.05, 4.69) is 5.32 Å². The summed E-state index contributed by atoms with van der Waals surface area (Å²) in [5.41, 5.74) is 0.0786. The van der Waals surface area contributed by atoms with Gasteiger partial charge >= 0.3 is 0 Å². The summed E-state index contributed by atoms with van der Waals surface area (Å²) in [6, 6.07) is 5.90. The Hall–Kier alpha value is -1.44. The van der Waals surface area contributed by atoms with Gasteiger partial charge in [0.1, 0.15) is 0 Å². The van der Waals surface area contributed by atoms with Gasteiger partial charge in [-0.15, -0.1) is 0 Å². The molecule has 6 nitrogen and oxygen atoms in total. The molecule has 1 rings (SSSR count). The van der Waals surface area contributed by atoms with E-state index in [-0.39, 0.29) is 10.5 Å². The van der Waals surface area contributed by atoms with Gasteiger partial charge in [0.05, 0.1) is 10.5 Å². The molecule has 0 aliphatic rings. The Kier molecular flexibility index (Phi) is 5.46. The molecule has 0 saturated carbocycles. The number of nitrogens with one attached hydrogen (secondary N) is 1. The zero-order chi connectivity index (χ0) is 14.5. The third kappa shape index (κ3) is 4.98. The Morgan fingerprint density at radius 1 is 1.32 bits per heavy atom. The number of benzene rings is 1. The van der Waals surface area contributed by atoms with Gasteiger partial charge in [-0.1, -0.05) is 12.1 Å². The molecule has 0 saturated heterocycles. The number of carbonyl (C=O) groups is 1. The van der Waals surface area contributed by atoms with Gasteiger partial charge in [-0.2, -0.15) is 0 Å². The number of hydrogen-bond donors (Lipinski definition) is 2. The summed E-state index contributed by atoms with van der Waals surface area (Å²) >= 11 is 0. The van der Waals surface area contributed by atoms with Crippen molar-refractivity contribution in [2.75, 3.05) is 27.2 Å². The van der Waals surface area contributed by atoms with E-state index in [9.17, 15) is 13.2 Å². The topological polar surface area (TPSA) is 92.5 Å². The highest BCUT2D eigenvalue weighted by atomic mass is 32.2. The first-order valence-corrected chi connectivity index (χ1v) is 7.42. The van der Waals surface area contributed by atoms with Crippen LogP contribution < -0.4 is 10.5 Å². The fourth-order valence-electron chi connectivity index (χ4n) is 1.59. The van der Waals surface area contributed by atoms with Gasteiger partial charge in [0.2, 0.25) is 10.0 Å². The Morgan fingerprint density at radius 2 is 1.95 bits per heavy atom. The average molecular weight is 285 g/mol. The number of nitrogens with two attached hydrogens (primary N) is 1. The summed E-state index contributed by atoms with van der Waals surface area (Å²) in [6.45, 7) is 1.33. The number of nitrogens with zero attached hydrogens (tertiary/aromatic N) is 1. The Balaban J connectivity index is 2.73. The van der Waals surface area contributed by atoms with Gasteiger partial charge in [0.25, 0.3) is 5.91 Å². The molecule has 0 spiro atoms. The van der Waals surface area contributed by atoms with E-state index in [4.69, 9.17) is 5.14 Å². The maximum Gasteiger partial charge on any atom is 0.252 e. The lowest BCUT2D eigenvalue weighted by Gasteiger charge is -2.11. The first-order valence-electron chi connectivity index (χ1n) is 5.87. The zero-order valence-corrected chi connectivity index (χ0v) is 11.9. The summed E-state index contributed by atoms with van der Waals surface area (Å²) < 4.78 is 22.7. The lowest BCUT2D eigenvalue weighted by molar-refractivity contribution is 0.0949. The van der Waals surface area contributed by atoms with Gasteiger partial charge < -0.3 is 10.2 Å². The number of carbonyl (C=O) groups excluding carboxylic acids is 1. The largest absolute Gasteiger partial charge is 0.352 e. The fourth-order valence-corrected chi connectivity index (χ4v) is 2.33. The second kappa shape index (κ2) is 6.65. The summed E-state index contributed by atoms with van der Waals surface area (Å²) in [6.07, 6.45) is 0.788. The standard InChI is InChI=1S/C12H19N3O3S/c1-15(2)9-5-8-14-12(16)10-6-3-4-7-11(10)19(13,17)18/h3-4,6-7H,5,8-9H2,1-2H3,(H,14,16)(H2,13,17,18). The van der Waals surface area contributed by atoms with Crippen LogP contribution in [0.1, 0.15) is 16.8 Å². The Labute approximate surface area is 113 Å². The summed E-state index contributed by atoms with van der Waals surface area (Å²) in [5, 5.41) is 7.76. The quantitative estimate of drug-likeness (QED) is 0.720. The average Bonchev–Trinajstić information content (AvgIpc) is 2.33. The van der Waals surface area contributed by atoms with E-state index in [1.807, 2.05) is 19.0 Å². The highest BCUT2D eigenvalue weighted by molar-refractivity contribution is 7.89.